The Morgan fingerprint density at radius 2 is 2.00 bits per heavy atom. The van der Waals surface area contributed by atoms with E-state index >= 15 is 0 Å². The summed E-state index contributed by atoms with van der Waals surface area (Å²) in [5, 5.41) is 0. The van der Waals surface area contributed by atoms with Crippen molar-refractivity contribution in [2.24, 2.45) is 0 Å². The second-order valence-corrected chi connectivity index (χ2v) is 4.86. The third-order valence-corrected chi connectivity index (χ3v) is 3.45. The molecule has 1 aliphatic heterocycles. The molecule has 2 amide bonds. The Balaban J connectivity index is 2.34. The van der Waals surface area contributed by atoms with Crippen molar-refractivity contribution in [1.82, 2.24) is 9.80 Å². The average molecular weight is 246 g/mol. The Kier molecular flexibility index (Phi) is 3.36. The van der Waals surface area contributed by atoms with Crippen LogP contribution in [0.4, 0.5) is 0 Å². The number of carbonyl (C=O) groups is 2. The Morgan fingerprint density at radius 1 is 1.33 bits per heavy atom. The van der Waals surface area contributed by atoms with Gasteiger partial charge in [-0.15, -0.1) is 0 Å². The molecule has 0 radical (unpaired) electrons. The average Bonchev–Trinajstić information content (AvgIpc) is 2.48. The van der Waals surface area contributed by atoms with Gasteiger partial charge in [-0.3, -0.25) is 9.59 Å². The normalized spacial score (nSPS) is 19.2. The highest BCUT2D eigenvalue weighted by molar-refractivity contribution is 5.99. The van der Waals surface area contributed by atoms with Gasteiger partial charge in [0.25, 0.3) is 5.91 Å². The molecule has 1 heterocycles. The predicted molar refractivity (Wildman–Crippen MR) is 69.3 cm³/mol. The lowest BCUT2D eigenvalue weighted by molar-refractivity contribution is -0.133. The van der Waals surface area contributed by atoms with Gasteiger partial charge in [0, 0.05) is 26.7 Å². The standard InChI is InChI=1S/C14H18N2O2/c1-15(2)14(18)12-9-8-10-6-4-5-7-11(10)13(17)16(12)3/h4-7,12H,8-9H2,1-3H3. The molecular weight excluding hydrogens is 228 g/mol. The number of fused-ring (bicyclic) bond motifs is 1. The van der Waals surface area contributed by atoms with Crippen molar-refractivity contribution in [2.45, 2.75) is 18.9 Å². The van der Waals surface area contributed by atoms with E-state index in [1.165, 1.54) is 0 Å². The zero-order chi connectivity index (χ0) is 13.3. The molecule has 0 aromatic heterocycles. The Bertz CT molecular complexity index is 482. The van der Waals surface area contributed by atoms with Gasteiger partial charge in [0.05, 0.1) is 0 Å². The number of aryl methyl sites for hydroxylation is 1. The van der Waals surface area contributed by atoms with Crippen LogP contribution in [0.3, 0.4) is 0 Å². The molecule has 4 nitrogen and oxygen atoms in total. The van der Waals surface area contributed by atoms with E-state index < -0.39 is 0 Å². The van der Waals surface area contributed by atoms with E-state index in [2.05, 4.69) is 0 Å². The first-order valence-corrected chi connectivity index (χ1v) is 6.08. The highest BCUT2D eigenvalue weighted by Gasteiger charge is 2.32. The predicted octanol–water partition coefficient (Wildman–Crippen LogP) is 1.16. The molecule has 2 rings (SSSR count). The van der Waals surface area contributed by atoms with Crippen molar-refractivity contribution >= 4 is 11.8 Å². The van der Waals surface area contributed by atoms with E-state index in [-0.39, 0.29) is 17.9 Å². The van der Waals surface area contributed by atoms with Crippen molar-refractivity contribution in [3.05, 3.63) is 35.4 Å². The first-order chi connectivity index (χ1) is 8.52. The monoisotopic (exact) mass is 246 g/mol. The van der Waals surface area contributed by atoms with Crippen LogP contribution in [0.15, 0.2) is 24.3 Å². The highest BCUT2D eigenvalue weighted by Crippen LogP contribution is 2.22. The topological polar surface area (TPSA) is 40.6 Å². The molecule has 0 saturated heterocycles. The fourth-order valence-corrected chi connectivity index (χ4v) is 2.35. The molecule has 0 fully saturated rings. The zero-order valence-electron chi connectivity index (χ0n) is 11.0. The first kappa shape index (κ1) is 12.6. The van der Waals surface area contributed by atoms with Gasteiger partial charge in [0.2, 0.25) is 5.91 Å². The summed E-state index contributed by atoms with van der Waals surface area (Å²) < 4.78 is 0. The summed E-state index contributed by atoms with van der Waals surface area (Å²) in [5.41, 5.74) is 1.75. The quantitative estimate of drug-likeness (QED) is 0.746. The Labute approximate surface area is 107 Å². The summed E-state index contributed by atoms with van der Waals surface area (Å²) in [5.74, 6) is -0.0815. The van der Waals surface area contributed by atoms with Crippen LogP contribution in [-0.4, -0.2) is 48.8 Å². The van der Waals surface area contributed by atoms with Gasteiger partial charge in [-0.05, 0) is 24.5 Å². The SMILES string of the molecule is CN(C)C(=O)C1CCc2ccccc2C(=O)N1C. The van der Waals surface area contributed by atoms with Crippen molar-refractivity contribution in [1.29, 1.82) is 0 Å². The summed E-state index contributed by atoms with van der Waals surface area (Å²) in [7, 11) is 5.15. The zero-order valence-corrected chi connectivity index (χ0v) is 11.0. The molecule has 1 aliphatic rings. The number of amides is 2. The van der Waals surface area contributed by atoms with Crippen molar-refractivity contribution in [3.8, 4) is 0 Å². The van der Waals surface area contributed by atoms with Crippen LogP contribution in [0.2, 0.25) is 0 Å². The van der Waals surface area contributed by atoms with Crippen molar-refractivity contribution in [3.63, 3.8) is 0 Å². The molecule has 4 heteroatoms. The summed E-state index contributed by atoms with van der Waals surface area (Å²) in [6, 6.07) is 7.22. The van der Waals surface area contributed by atoms with Crippen LogP contribution in [-0.2, 0) is 11.2 Å². The minimum absolute atomic E-state index is 0.0151. The number of benzene rings is 1. The van der Waals surface area contributed by atoms with Crippen molar-refractivity contribution in [2.75, 3.05) is 21.1 Å². The maximum absolute atomic E-state index is 12.3. The van der Waals surface area contributed by atoms with Gasteiger partial charge in [0.1, 0.15) is 6.04 Å². The number of carbonyl (C=O) groups excluding carboxylic acids is 2. The molecule has 1 atom stereocenters. The lowest BCUT2D eigenvalue weighted by atomic mass is 10.0. The minimum atomic E-state index is -0.361. The van der Waals surface area contributed by atoms with E-state index in [1.54, 1.807) is 30.9 Å². The minimum Gasteiger partial charge on any atom is -0.347 e. The van der Waals surface area contributed by atoms with E-state index in [0.717, 1.165) is 12.0 Å². The number of hydrogen-bond acceptors (Lipinski definition) is 2. The maximum Gasteiger partial charge on any atom is 0.254 e. The van der Waals surface area contributed by atoms with Crippen LogP contribution >= 0.6 is 0 Å². The number of likely N-dealkylation sites (N-methyl/N-ethyl adjacent to an activating group) is 2. The highest BCUT2D eigenvalue weighted by atomic mass is 16.2. The molecule has 0 aliphatic carbocycles. The van der Waals surface area contributed by atoms with E-state index in [9.17, 15) is 9.59 Å². The molecular formula is C14H18N2O2. The van der Waals surface area contributed by atoms with E-state index in [4.69, 9.17) is 0 Å². The van der Waals surface area contributed by atoms with Gasteiger partial charge in [0.15, 0.2) is 0 Å². The number of hydrogen-bond donors (Lipinski definition) is 0. The summed E-state index contributed by atoms with van der Waals surface area (Å²) >= 11 is 0. The Hall–Kier alpha value is -1.84. The molecule has 1 aromatic rings. The third kappa shape index (κ3) is 2.10. The fourth-order valence-electron chi connectivity index (χ4n) is 2.35. The van der Waals surface area contributed by atoms with Crippen LogP contribution in [0.1, 0.15) is 22.3 Å². The number of rotatable bonds is 1. The van der Waals surface area contributed by atoms with Crippen LogP contribution in [0.5, 0.6) is 0 Å². The number of nitrogens with zero attached hydrogens (tertiary/aromatic N) is 2. The molecule has 0 N–H and O–H groups in total. The molecule has 96 valence electrons. The molecule has 0 spiro atoms. The lowest BCUT2D eigenvalue weighted by Gasteiger charge is -2.27. The van der Waals surface area contributed by atoms with Crippen LogP contribution < -0.4 is 0 Å². The van der Waals surface area contributed by atoms with Crippen LogP contribution in [0, 0.1) is 0 Å². The molecule has 1 aromatic carbocycles. The van der Waals surface area contributed by atoms with Crippen LogP contribution in [0.25, 0.3) is 0 Å². The van der Waals surface area contributed by atoms with E-state index in [0.29, 0.717) is 12.0 Å². The molecule has 1 unspecified atom stereocenters. The van der Waals surface area contributed by atoms with E-state index in [1.807, 2.05) is 24.3 Å². The maximum atomic E-state index is 12.3. The van der Waals surface area contributed by atoms with Gasteiger partial charge in [-0.2, -0.15) is 0 Å². The van der Waals surface area contributed by atoms with Crippen molar-refractivity contribution < 1.29 is 9.59 Å². The molecule has 0 saturated carbocycles. The third-order valence-electron chi connectivity index (χ3n) is 3.45. The first-order valence-electron chi connectivity index (χ1n) is 6.08. The summed E-state index contributed by atoms with van der Waals surface area (Å²) in [4.78, 5) is 27.5. The fraction of sp³-hybridized carbons (Fsp3) is 0.429. The second-order valence-electron chi connectivity index (χ2n) is 4.86. The second kappa shape index (κ2) is 4.80. The molecule has 18 heavy (non-hydrogen) atoms. The summed E-state index contributed by atoms with van der Waals surface area (Å²) in [6.45, 7) is 0. The van der Waals surface area contributed by atoms with Gasteiger partial charge < -0.3 is 9.80 Å². The van der Waals surface area contributed by atoms with Gasteiger partial charge >= 0.3 is 0 Å². The van der Waals surface area contributed by atoms with Gasteiger partial charge in [-0.1, -0.05) is 18.2 Å². The molecule has 0 bridgehead atoms. The lowest BCUT2D eigenvalue weighted by Crippen LogP contribution is -2.46. The summed E-state index contributed by atoms with van der Waals surface area (Å²) in [6.07, 6.45) is 1.44. The van der Waals surface area contributed by atoms with Gasteiger partial charge in [-0.25, -0.2) is 0 Å². The Morgan fingerprint density at radius 3 is 2.67 bits per heavy atom. The largest absolute Gasteiger partial charge is 0.347 e. The smallest absolute Gasteiger partial charge is 0.254 e.